The summed E-state index contributed by atoms with van der Waals surface area (Å²) in [5.74, 6) is -1.00. The Balaban J connectivity index is 1.73. The second kappa shape index (κ2) is 8.39. The van der Waals surface area contributed by atoms with Gasteiger partial charge in [-0.05, 0) is 24.1 Å². The van der Waals surface area contributed by atoms with E-state index in [9.17, 15) is 13.2 Å². The Morgan fingerprint density at radius 1 is 1.22 bits per heavy atom. The second-order valence-electron chi connectivity index (χ2n) is 5.42. The minimum Gasteiger partial charge on any atom is -0.478 e. The Bertz CT molecular complexity index is 609. The second-order valence-corrected chi connectivity index (χ2v) is 7.35. The summed E-state index contributed by atoms with van der Waals surface area (Å²) in [5.41, 5.74) is 0.994. The maximum absolute atomic E-state index is 12.0. The van der Waals surface area contributed by atoms with E-state index in [1.165, 1.54) is 12.1 Å². The fourth-order valence-electron chi connectivity index (χ4n) is 2.32. The average molecular weight is 342 g/mol. The fourth-order valence-corrected chi connectivity index (χ4v) is 3.37. The Morgan fingerprint density at radius 2 is 1.87 bits per heavy atom. The number of nitrogens with zero attached hydrogens (tertiary/aromatic N) is 1. The third-order valence-corrected chi connectivity index (χ3v) is 5.10. The number of ether oxygens (including phenoxy) is 1. The van der Waals surface area contributed by atoms with Crippen LogP contribution >= 0.6 is 0 Å². The molecule has 0 saturated carbocycles. The number of rotatable bonds is 8. The molecule has 1 fully saturated rings. The minimum atomic E-state index is -3.33. The molecule has 128 valence electrons. The number of aryl methyl sites for hydroxylation is 1. The van der Waals surface area contributed by atoms with Crippen molar-refractivity contribution in [2.75, 3.05) is 45.1 Å². The zero-order chi connectivity index (χ0) is 16.7. The van der Waals surface area contributed by atoms with Crippen molar-refractivity contribution in [3.63, 3.8) is 0 Å². The van der Waals surface area contributed by atoms with E-state index < -0.39 is 16.0 Å². The molecule has 0 aliphatic carbocycles. The van der Waals surface area contributed by atoms with Crippen molar-refractivity contribution < 1.29 is 23.1 Å². The van der Waals surface area contributed by atoms with E-state index in [1.54, 1.807) is 12.1 Å². The van der Waals surface area contributed by atoms with Crippen LogP contribution in [0.2, 0.25) is 0 Å². The molecule has 2 N–H and O–H groups in total. The summed E-state index contributed by atoms with van der Waals surface area (Å²) in [6, 6.07) is 6.26. The number of hydrogen-bond donors (Lipinski definition) is 2. The predicted octanol–water partition coefficient (Wildman–Crippen LogP) is 0.179. The molecule has 1 aromatic carbocycles. The molecule has 1 heterocycles. The lowest BCUT2D eigenvalue weighted by Crippen LogP contribution is -2.41. The van der Waals surface area contributed by atoms with Gasteiger partial charge < -0.3 is 9.84 Å². The summed E-state index contributed by atoms with van der Waals surface area (Å²) >= 11 is 0. The number of carbonyl (C=O) groups is 1. The summed E-state index contributed by atoms with van der Waals surface area (Å²) in [5, 5.41) is 8.82. The highest BCUT2D eigenvalue weighted by Crippen LogP contribution is 2.06. The predicted molar refractivity (Wildman–Crippen MR) is 86.2 cm³/mol. The Labute approximate surface area is 136 Å². The quantitative estimate of drug-likeness (QED) is 0.700. The summed E-state index contributed by atoms with van der Waals surface area (Å²) in [6.45, 7) is 4.11. The summed E-state index contributed by atoms with van der Waals surface area (Å²) in [4.78, 5) is 12.9. The van der Waals surface area contributed by atoms with Crippen molar-refractivity contribution in [2.24, 2.45) is 0 Å². The van der Waals surface area contributed by atoms with Crippen LogP contribution in [-0.4, -0.2) is 69.5 Å². The van der Waals surface area contributed by atoms with Gasteiger partial charge in [-0.3, -0.25) is 4.90 Å². The first-order valence-electron chi connectivity index (χ1n) is 7.56. The van der Waals surface area contributed by atoms with Crippen LogP contribution in [0.25, 0.3) is 0 Å². The van der Waals surface area contributed by atoms with Crippen LogP contribution in [0.3, 0.4) is 0 Å². The Hall–Kier alpha value is -1.48. The number of nitrogens with one attached hydrogen (secondary N) is 1. The first-order valence-corrected chi connectivity index (χ1v) is 9.21. The summed E-state index contributed by atoms with van der Waals surface area (Å²) in [6.07, 6.45) is 0.354. The third-order valence-electron chi connectivity index (χ3n) is 3.71. The minimum absolute atomic E-state index is 0.0114. The Morgan fingerprint density at radius 3 is 2.48 bits per heavy atom. The van der Waals surface area contributed by atoms with Crippen LogP contribution in [0.15, 0.2) is 24.3 Å². The number of morpholine rings is 1. The molecule has 2 rings (SSSR count). The van der Waals surface area contributed by atoms with Crippen LogP contribution in [0.4, 0.5) is 0 Å². The number of sulfonamides is 1. The van der Waals surface area contributed by atoms with Crippen LogP contribution in [0.5, 0.6) is 0 Å². The van der Waals surface area contributed by atoms with E-state index in [2.05, 4.69) is 9.62 Å². The lowest BCUT2D eigenvalue weighted by molar-refractivity contribution is 0.0390. The zero-order valence-electron chi connectivity index (χ0n) is 12.9. The zero-order valence-corrected chi connectivity index (χ0v) is 13.7. The lowest BCUT2D eigenvalue weighted by atomic mass is 10.1. The molecule has 1 aliphatic rings. The molecule has 0 atom stereocenters. The van der Waals surface area contributed by atoms with Crippen LogP contribution < -0.4 is 4.72 Å². The number of carboxylic acids is 1. The van der Waals surface area contributed by atoms with E-state index in [4.69, 9.17) is 9.84 Å². The number of aromatic carboxylic acids is 1. The maximum atomic E-state index is 12.0. The summed E-state index contributed by atoms with van der Waals surface area (Å²) < 4.78 is 31.8. The van der Waals surface area contributed by atoms with Gasteiger partial charge in [-0.25, -0.2) is 17.9 Å². The molecule has 0 unspecified atom stereocenters. The first kappa shape index (κ1) is 17.9. The normalized spacial score (nSPS) is 16.3. The SMILES string of the molecule is O=C(O)c1ccc(CCS(=O)(=O)NCCN2CCOCC2)cc1. The van der Waals surface area contributed by atoms with Crippen molar-refractivity contribution in [1.82, 2.24) is 9.62 Å². The van der Waals surface area contributed by atoms with Gasteiger partial charge in [-0.1, -0.05) is 12.1 Å². The topological polar surface area (TPSA) is 95.9 Å². The molecule has 8 heteroatoms. The fraction of sp³-hybridized carbons (Fsp3) is 0.533. The molecule has 0 spiro atoms. The van der Waals surface area contributed by atoms with E-state index in [-0.39, 0.29) is 11.3 Å². The van der Waals surface area contributed by atoms with E-state index >= 15 is 0 Å². The van der Waals surface area contributed by atoms with Gasteiger partial charge in [0.15, 0.2) is 0 Å². The molecule has 0 radical (unpaired) electrons. The van der Waals surface area contributed by atoms with Gasteiger partial charge in [0.2, 0.25) is 10.0 Å². The van der Waals surface area contributed by atoms with Gasteiger partial charge in [0.05, 0.1) is 24.5 Å². The monoisotopic (exact) mass is 342 g/mol. The highest BCUT2D eigenvalue weighted by Gasteiger charge is 2.13. The molecular formula is C15H22N2O5S. The van der Waals surface area contributed by atoms with Crippen molar-refractivity contribution in [2.45, 2.75) is 6.42 Å². The lowest BCUT2D eigenvalue weighted by Gasteiger charge is -2.26. The van der Waals surface area contributed by atoms with Crippen LogP contribution in [-0.2, 0) is 21.2 Å². The number of hydrogen-bond acceptors (Lipinski definition) is 5. The first-order chi connectivity index (χ1) is 11.0. The van der Waals surface area contributed by atoms with Gasteiger partial charge in [0.25, 0.3) is 0 Å². The molecule has 23 heavy (non-hydrogen) atoms. The van der Waals surface area contributed by atoms with Gasteiger partial charge in [0, 0.05) is 26.2 Å². The molecule has 1 aliphatic heterocycles. The van der Waals surface area contributed by atoms with Crippen LogP contribution in [0.1, 0.15) is 15.9 Å². The molecule has 0 amide bonds. The molecular weight excluding hydrogens is 320 g/mol. The van der Waals surface area contributed by atoms with E-state index in [0.29, 0.717) is 32.7 Å². The molecule has 0 bridgehead atoms. The molecule has 1 saturated heterocycles. The number of carboxylic acid groups (broad SMARTS) is 1. The molecule has 1 aromatic rings. The van der Waals surface area contributed by atoms with Crippen molar-refractivity contribution >= 4 is 16.0 Å². The standard InChI is InChI=1S/C15H22N2O5S/c18-15(19)14-3-1-13(2-4-14)5-12-23(20,21)16-6-7-17-8-10-22-11-9-17/h1-4,16H,5-12H2,(H,18,19). The average Bonchev–Trinajstić information content (AvgIpc) is 2.54. The van der Waals surface area contributed by atoms with Gasteiger partial charge in [0.1, 0.15) is 0 Å². The third kappa shape index (κ3) is 6.26. The van der Waals surface area contributed by atoms with Crippen LogP contribution in [0, 0.1) is 0 Å². The van der Waals surface area contributed by atoms with Crippen molar-refractivity contribution in [3.8, 4) is 0 Å². The van der Waals surface area contributed by atoms with Crippen molar-refractivity contribution in [3.05, 3.63) is 35.4 Å². The van der Waals surface area contributed by atoms with Gasteiger partial charge >= 0.3 is 5.97 Å². The van der Waals surface area contributed by atoms with E-state index in [1.807, 2.05) is 0 Å². The van der Waals surface area contributed by atoms with E-state index in [0.717, 1.165) is 18.7 Å². The maximum Gasteiger partial charge on any atom is 0.335 e. The largest absolute Gasteiger partial charge is 0.478 e. The number of benzene rings is 1. The highest BCUT2D eigenvalue weighted by atomic mass is 32.2. The van der Waals surface area contributed by atoms with Gasteiger partial charge in [-0.15, -0.1) is 0 Å². The smallest absolute Gasteiger partial charge is 0.335 e. The summed E-state index contributed by atoms with van der Waals surface area (Å²) in [7, 11) is -3.33. The van der Waals surface area contributed by atoms with Crippen molar-refractivity contribution in [1.29, 1.82) is 0 Å². The van der Waals surface area contributed by atoms with Gasteiger partial charge in [-0.2, -0.15) is 0 Å². The highest BCUT2D eigenvalue weighted by molar-refractivity contribution is 7.89. The molecule has 7 nitrogen and oxygen atoms in total. The molecule has 0 aromatic heterocycles. The Kier molecular flexibility index (Phi) is 6.52.